The van der Waals surface area contributed by atoms with Gasteiger partial charge in [0.1, 0.15) is 0 Å². The lowest BCUT2D eigenvalue weighted by Crippen LogP contribution is -2.44. The van der Waals surface area contributed by atoms with Gasteiger partial charge >= 0.3 is 0 Å². The molecule has 72 valence electrons. The van der Waals surface area contributed by atoms with Gasteiger partial charge in [-0.1, -0.05) is 0 Å². The summed E-state index contributed by atoms with van der Waals surface area (Å²) >= 11 is 0. The Bertz CT molecular complexity index is 126. The average Bonchev–Trinajstić information content (AvgIpc) is 2.46. The van der Waals surface area contributed by atoms with Gasteiger partial charge < -0.3 is 10.2 Å². The zero-order valence-electron chi connectivity index (χ0n) is 7.90. The van der Waals surface area contributed by atoms with Crippen molar-refractivity contribution in [2.24, 2.45) is 0 Å². The highest BCUT2D eigenvalue weighted by Crippen LogP contribution is 2.25. The van der Waals surface area contributed by atoms with Crippen molar-refractivity contribution in [2.75, 3.05) is 13.2 Å². The van der Waals surface area contributed by atoms with E-state index >= 15 is 0 Å². The Balaban J connectivity index is 2.59. The number of aliphatic hydroxyl groups excluding tert-OH is 2. The minimum absolute atomic E-state index is 0.217. The summed E-state index contributed by atoms with van der Waals surface area (Å²) in [6, 6.07) is 0.950. The summed E-state index contributed by atoms with van der Waals surface area (Å²) < 4.78 is 0. The Kier molecular flexibility index (Phi) is 3.50. The lowest BCUT2D eigenvalue weighted by atomic mass is 10.2. The van der Waals surface area contributed by atoms with Crippen LogP contribution in [0.25, 0.3) is 0 Å². The molecule has 3 heteroatoms. The summed E-state index contributed by atoms with van der Waals surface area (Å²) in [6.07, 6.45) is 2.03. The van der Waals surface area contributed by atoms with Crippen molar-refractivity contribution in [3.05, 3.63) is 0 Å². The van der Waals surface area contributed by atoms with E-state index in [1.165, 1.54) is 0 Å². The van der Waals surface area contributed by atoms with Gasteiger partial charge in [0.2, 0.25) is 0 Å². The SMILES string of the molecule is CC(C)N1C(CO)CCC1CO. The topological polar surface area (TPSA) is 43.7 Å². The van der Waals surface area contributed by atoms with Gasteiger partial charge in [-0.3, -0.25) is 4.90 Å². The zero-order valence-corrected chi connectivity index (χ0v) is 7.90. The fourth-order valence-electron chi connectivity index (χ4n) is 2.20. The lowest BCUT2D eigenvalue weighted by Gasteiger charge is -2.31. The molecule has 12 heavy (non-hydrogen) atoms. The second-order valence-corrected chi connectivity index (χ2v) is 3.79. The minimum atomic E-state index is 0.217. The first-order valence-corrected chi connectivity index (χ1v) is 4.69. The predicted octanol–water partition coefficient (Wildman–Crippen LogP) is 0.212. The van der Waals surface area contributed by atoms with Gasteiger partial charge in [-0.2, -0.15) is 0 Å². The van der Waals surface area contributed by atoms with Crippen LogP contribution in [-0.2, 0) is 0 Å². The van der Waals surface area contributed by atoms with Crippen LogP contribution in [0.4, 0.5) is 0 Å². The second kappa shape index (κ2) is 4.21. The first-order chi connectivity index (χ1) is 5.70. The summed E-state index contributed by atoms with van der Waals surface area (Å²) in [5.74, 6) is 0. The van der Waals surface area contributed by atoms with Crippen LogP contribution in [-0.4, -0.2) is 46.5 Å². The first-order valence-electron chi connectivity index (χ1n) is 4.69. The third-order valence-corrected chi connectivity index (χ3v) is 2.69. The lowest BCUT2D eigenvalue weighted by molar-refractivity contribution is 0.0710. The van der Waals surface area contributed by atoms with Crippen LogP contribution in [0.5, 0.6) is 0 Å². The molecule has 2 atom stereocenters. The Morgan fingerprint density at radius 1 is 1.17 bits per heavy atom. The summed E-state index contributed by atoms with van der Waals surface area (Å²) in [5, 5.41) is 18.2. The highest BCUT2D eigenvalue weighted by atomic mass is 16.3. The largest absolute Gasteiger partial charge is 0.395 e. The number of nitrogens with zero attached hydrogens (tertiary/aromatic N) is 1. The molecule has 0 aromatic carbocycles. The molecule has 2 N–H and O–H groups in total. The number of hydrogen-bond acceptors (Lipinski definition) is 3. The Hall–Kier alpha value is -0.120. The maximum Gasteiger partial charge on any atom is 0.0587 e. The molecule has 2 unspecified atom stereocenters. The fourth-order valence-corrected chi connectivity index (χ4v) is 2.20. The molecule has 0 amide bonds. The van der Waals surface area contributed by atoms with Gasteiger partial charge in [0.05, 0.1) is 13.2 Å². The van der Waals surface area contributed by atoms with Crippen molar-refractivity contribution < 1.29 is 10.2 Å². The molecule has 1 rings (SSSR count). The molecule has 0 spiro atoms. The zero-order chi connectivity index (χ0) is 9.14. The van der Waals surface area contributed by atoms with Crippen molar-refractivity contribution >= 4 is 0 Å². The van der Waals surface area contributed by atoms with E-state index in [1.807, 2.05) is 0 Å². The predicted molar refractivity (Wildman–Crippen MR) is 48.0 cm³/mol. The summed E-state index contributed by atoms with van der Waals surface area (Å²) in [5.41, 5.74) is 0. The van der Waals surface area contributed by atoms with E-state index in [4.69, 9.17) is 10.2 Å². The molecule has 1 saturated heterocycles. The summed E-state index contributed by atoms with van der Waals surface area (Å²) in [6.45, 7) is 4.65. The van der Waals surface area contributed by atoms with Crippen LogP contribution in [0.15, 0.2) is 0 Å². The molecule has 1 heterocycles. The molecule has 0 aromatic rings. The Labute approximate surface area is 74.0 Å². The van der Waals surface area contributed by atoms with E-state index < -0.39 is 0 Å². The third kappa shape index (κ3) is 1.79. The number of rotatable bonds is 3. The average molecular weight is 173 g/mol. The van der Waals surface area contributed by atoms with Crippen molar-refractivity contribution in [2.45, 2.75) is 44.8 Å². The normalized spacial score (nSPS) is 31.8. The van der Waals surface area contributed by atoms with Gasteiger partial charge in [-0.15, -0.1) is 0 Å². The van der Waals surface area contributed by atoms with Crippen LogP contribution in [0.1, 0.15) is 26.7 Å². The molecule has 0 aromatic heterocycles. The monoisotopic (exact) mass is 173 g/mol. The molecular formula is C9H19NO2. The number of hydrogen-bond donors (Lipinski definition) is 2. The fraction of sp³-hybridized carbons (Fsp3) is 1.00. The van der Waals surface area contributed by atoms with Gasteiger partial charge in [0, 0.05) is 18.1 Å². The molecular weight excluding hydrogens is 154 g/mol. The van der Waals surface area contributed by atoms with Crippen molar-refractivity contribution in [1.82, 2.24) is 4.90 Å². The van der Waals surface area contributed by atoms with Gasteiger partial charge in [-0.25, -0.2) is 0 Å². The van der Waals surface area contributed by atoms with E-state index in [2.05, 4.69) is 18.7 Å². The molecule has 0 radical (unpaired) electrons. The van der Waals surface area contributed by atoms with Crippen molar-refractivity contribution in [3.63, 3.8) is 0 Å². The standard InChI is InChI=1S/C9H19NO2/c1-7(2)10-8(5-11)3-4-9(10)6-12/h7-9,11-12H,3-6H2,1-2H3. The van der Waals surface area contributed by atoms with Crippen LogP contribution in [0.3, 0.4) is 0 Å². The third-order valence-electron chi connectivity index (χ3n) is 2.69. The molecule has 1 aliphatic rings. The first kappa shape index (κ1) is 9.96. The van der Waals surface area contributed by atoms with Gasteiger partial charge in [0.25, 0.3) is 0 Å². The maximum absolute atomic E-state index is 9.08. The molecule has 0 aliphatic carbocycles. The van der Waals surface area contributed by atoms with Gasteiger partial charge in [-0.05, 0) is 26.7 Å². The van der Waals surface area contributed by atoms with Crippen LogP contribution >= 0.6 is 0 Å². The van der Waals surface area contributed by atoms with Crippen molar-refractivity contribution in [1.29, 1.82) is 0 Å². The molecule has 0 saturated carbocycles. The summed E-state index contributed by atoms with van der Waals surface area (Å²) in [4.78, 5) is 2.22. The molecule has 1 fully saturated rings. The van der Waals surface area contributed by atoms with E-state index in [1.54, 1.807) is 0 Å². The van der Waals surface area contributed by atoms with E-state index in [9.17, 15) is 0 Å². The number of likely N-dealkylation sites (tertiary alicyclic amines) is 1. The van der Waals surface area contributed by atoms with Gasteiger partial charge in [0.15, 0.2) is 0 Å². The Morgan fingerprint density at radius 3 is 1.83 bits per heavy atom. The van der Waals surface area contributed by atoms with E-state index in [0.717, 1.165) is 12.8 Å². The molecule has 0 bridgehead atoms. The maximum atomic E-state index is 9.08. The molecule has 1 aliphatic heterocycles. The van der Waals surface area contributed by atoms with E-state index in [-0.39, 0.29) is 25.3 Å². The van der Waals surface area contributed by atoms with Crippen molar-refractivity contribution in [3.8, 4) is 0 Å². The highest BCUT2D eigenvalue weighted by Gasteiger charge is 2.33. The minimum Gasteiger partial charge on any atom is -0.395 e. The van der Waals surface area contributed by atoms with Crippen LogP contribution in [0, 0.1) is 0 Å². The van der Waals surface area contributed by atoms with Crippen LogP contribution in [0.2, 0.25) is 0 Å². The molecule has 3 nitrogen and oxygen atoms in total. The highest BCUT2D eigenvalue weighted by molar-refractivity contribution is 4.88. The second-order valence-electron chi connectivity index (χ2n) is 3.79. The summed E-state index contributed by atoms with van der Waals surface area (Å²) in [7, 11) is 0. The smallest absolute Gasteiger partial charge is 0.0587 e. The number of aliphatic hydroxyl groups is 2. The van der Waals surface area contributed by atoms with E-state index in [0.29, 0.717) is 6.04 Å². The van der Waals surface area contributed by atoms with Crippen LogP contribution < -0.4 is 0 Å². The quantitative estimate of drug-likeness (QED) is 0.641. The Morgan fingerprint density at radius 2 is 1.58 bits per heavy atom.